The zero-order valence-electron chi connectivity index (χ0n) is 19.5. The number of hydrogen-bond donors (Lipinski definition) is 0. The van der Waals surface area contributed by atoms with Gasteiger partial charge in [-0.3, -0.25) is 9.59 Å². The van der Waals surface area contributed by atoms with Crippen molar-refractivity contribution in [1.29, 1.82) is 0 Å². The molecule has 1 atom stereocenters. The van der Waals surface area contributed by atoms with Crippen LogP contribution in [0.25, 0.3) is 11.1 Å². The molecule has 1 aliphatic heterocycles. The molecule has 4 rings (SSSR count). The van der Waals surface area contributed by atoms with E-state index in [4.69, 9.17) is 0 Å². The van der Waals surface area contributed by atoms with Crippen molar-refractivity contribution in [1.82, 2.24) is 19.4 Å². The summed E-state index contributed by atoms with van der Waals surface area (Å²) in [5.41, 5.74) is 3.99. The first-order valence-corrected chi connectivity index (χ1v) is 11.8. The minimum Gasteiger partial charge on any atom is -0.341 e. The second-order valence-electron chi connectivity index (χ2n) is 8.61. The molecule has 2 amide bonds. The van der Waals surface area contributed by atoms with Crippen LogP contribution in [0.5, 0.6) is 0 Å². The largest absolute Gasteiger partial charge is 0.341 e. The molecule has 0 N–H and O–H groups in total. The summed E-state index contributed by atoms with van der Waals surface area (Å²) in [6, 6.07) is 18.6. The highest BCUT2D eigenvalue weighted by Gasteiger charge is 2.33. The Morgan fingerprint density at radius 3 is 2.58 bits per heavy atom. The lowest BCUT2D eigenvalue weighted by molar-refractivity contribution is -0.134. The first-order chi connectivity index (χ1) is 16.1. The van der Waals surface area contributed by atoms with Gasteiger partial charge in [-0.15, -0.1) is 0 Å². The average Bonchev–Trinajstić information content (AvgIpc) is 3.28. The monoisotopic (exact) mass is 444 g/mol. The van der Waals surface area contributed by atoms with E-state index in [0.717, 1.165) is 23.1 Å². The van der Waals surface area contributed by atoms with E-state index >= 15 is 0 Å². The maximum atomic E-state index is 13.4. The molecule has 6 nitrogen and oxygen atoms in total. The van der Waals surface area contributed by atoms with Gasteiger partial charge in [-0.25, -0.2) is 4.98 Å². The van der Waals surface area contributed by atoms with E-state index in [-0.39, 0.29) is 17.7 Å². The molecule has 33 heavy (non-hydrogen) atoms. The number of imidazole rings is 1. The Morgan fingerprint density at radius 2 is 1.82 bits per heavy atom. The number of carbonyl (C=O) groups excluding carboxylic acids is 2. The van der Waals surface area contributed by atoms with E-state index in [2.05, 4.69) is 42.2 Å². The van der Waals surface area contributed by atoms with Crippen LogP contribution in [0.15, 0.2) is 67.1 Å². The molecule has 0 radical (unpaired) electrons. The molecule has 0 saturated carbocycles. The Kier molecular flexibility index (Phi) is 7.23. The third-order valence-electron chi connectivity index (χ3n) is 6.31. The van der Waals surface area contributed by atoms with Crippen molar-refractivity contribution in [3.05, 3.63) is 78.4 Å². The zero-order chi connectivity index (χ0) is 23.2. The van der Waals surface area contributed by atoms with Gasteiger partial charge >= 0.3 is 0 Å². The highest BCUT2D eigenvalue weighted by Crippen LogP contribution is 2.24. The number of rotatable bonds is 7. The predicted octanol–water partition coefficient (Wildman–Crippen LogP) is 4.12. The number of benzene rings is 2. The molecular weight excluding hydrogens is 412 g/mol. The van der Waals surface area contributed by atoms with E-state index in [0.29, 0.717) is 44.8 Å². The summed E-state index contributed by atoms with van der Waals surface area (Å²) in [4.78, 5) is 34.7. The number of aromatic nitrogens is 2. The number of nitrogens with zero attached hydrogens (tertiary/aromatic N) is 4. The molecule has 1 saturated heterocycles. The van der Waals surface area contributed by atoms with Crippen LogP contribution < -0.4 is 0 Å². The molecule has 1 unspecified atom stereocenters. The van der Waals surface area contributed by atoms with Crippen LogP contribution in [0.1, 0.15) is 36.3 Å². The van der Waals surface area contributed by atoms with Crippen molar-refractivity contribution in [2.45, 2.75) is 33.2 Å². The Bertz CT molecular complexity index is 1090. The third-order valence-corrected chi connectivity index (χ3v) is 6.31. The molecule has 0 spiro atoms. The highest BCUT2D eigenvalue weighted by molar-refractivity contribution is 5.93. The van der Waals surface area contributed by atoms with Gasteiger partial charge in [-0.05, 0) is 36.5 Å². The molecule has 0 bridgehead atoms. The van der Waals surface area contributed by atoms with E-state index < -0.39 is 0 Å². The van der Waals surface area contributed by atoms with Gasteiger partial charge < -0.3 is 14.4 Å². The minimum absolute atomic E-state index is 0.0523. The van der Waals surface area contributed by atoms with Gasteiger partial charge in [0.25, 0.3) is 5.91 Å². The lowest BCUT2D eigenvalue weighted by Gasteiger charge is -2.24. The second kappa shape index (κ2) is 10.5. The third kappa shape index (κ3) is 5.16. The van der Waals surface area contributed by atoms with Crippen LogP contribution in [-0.2, 0) is 17.8 Å². The van der Waals surface area contributed by atoms with E-state index in [1.807, 2.05) is 45.6 Å². The Labute approximate surface area is 195 Å². The first kappa shape index (κ1) is 22.8. The van der Waals surface area contributed by atoms with Crippen molar-refractivity contribution in [2.75, 3.05) is 26.2 Å². The number of amides is 2. The second-order valence-corrected chi connectivity index (χ2v) is 8.61. The van der Waals surface area contributed by atoms with E-state index in [1.165, 1.54) is 0 Å². The molecule has 2 heterocycles. The smallest absolute Gasteiger partial charge is 0.272 e. The summed E-state index contributed by atoms with van der Waals surface area (Å²) in [6.07, 6.45) is 4.82. The molecule has 3 aromatic rings. The molecule has 172 valence electrons. The number of carbonyl (C=O) groups is 2. The Hall–Kier alpha value is -3.41. The van der Waals surface area contributed by atoms with Gasteiger partial charge in [0.05, 0.1) is 18.4 Å². The van der Waals surface area contributed by atoms with Crippen molar-refractivity contribution in [3.63, 3.8) is 0 Å². The van der Waals surface area contributed by atoms with E-state index in [1.54, 1.807) is 12.5 Å². The molecule has 6 heteroatoms. The molecule has 1 aromatic heterocycles. The first-order valence-electron chi connectivity index (χ1n) is 11.8. The standard InChI is InChI=1S/C27H32N4O2/c1-3-13-30-14-15-31(27(33)25-18-28-20-29(25)4-2)19-24(26(30)32)17-21-9-8-12-23(16-21)22-10-6-5-7-11-22/h5-12,16,18,20,24H,3-4,13-15,17,19H2,1-2H3. The van der Waals surface area contributed by atoms with Crippen LogP contribution >= 0.6 is 0 Å². The van der Waals surface area contributed by atoms with Gasteiger partial charge in [-0.2, -0.15) is 0 Å². The summed E-state index contributed by atoms with van der Waals surface area (Å²) in [5, 5.41) is 0. The van der Waals surface area contributed by atoms with Crippen LogP contribution in [0.2, 0.25) is 0 Å². The highest BCUT2D eigenvalue weighted by atomic mass is 16.2. The fourth-order valence-corrected chi connectivity index (χ4v) is 4.58. The van der Waals surface area contributed by atoms with Gasteiger partial charge in [0.1, 0.15) is 5.69 Å². The van der Waals surface area contributed by atoms with Crippen LogP contribution in [0.3, 0.4) is 0 Å². The lowest BCUT2D eigenvalue weighted by atomic mass is 9.94. The van der Waals surface area contributed by atoms with Gasteiger partial charge in [-0.1, -0.05) is 61.5 Å². The van der Waals surface area contributed by atoms with Crippen LogP contribution in [0, 0.1) is 5.92 Å². The summed E-state index contributed by atoms with van der Waals surface area (Å²) in [5.74, 6) is -0.184. The quantitative estimate of drug-likeness (QED) is 0.551. The zero-order valence-corrected chi connectivity index (χ0v) is 19.5. The summed E-state index contributed by atoms with van der Waals surface area (Å²) >= 11 is 0. The number of hydrogen-bond acceptors (Lipinski definition) is 3. The lowest BCUT2D eigenvalue weighted by Crippen LogP contribution is -2.38. The average molecular weight is 445 g/mol. The van der Waals surface area contributed by atoms with E-state index in [9.17, 15) is 9.59 Å². The normalized spacial score (nSPS) is 16.7. The van der Waals surface area contributed by atoms with Gasteiger partial charge in [0.2, 0.25) is 5.91 Å². The maximum Gasteiger partial charge on any atom is 0.272 e. The Balaban J connectivity index is 1.59. The predicted molar refractivity (Wildman–Crippen MR) is 130 cm³/mol. The fourth-order valence-electron chi connectivity index (χ4n) is 4.58. The minimum atomic E-state index is -0.271. The molecule has 1 aliphatic rings. The summed E-state index contributed by atoms with van der Waals surface area (Å²) in [6.45, 7) is 7.01. The topological polar surface area (TPSA) is 58.4 Å². The van der Waals surface area contributed by atoms with Crippen molar-refractivity contribution in [2.24, 2.45) is 5.92 Å². The van der Waals surface area contributed by atoms with Crippen molar-refractivity contribution in [3.8, 4) is 11.1 Å². The fraction of sp³-hybridized carbons (Fsp3) is 0.370. The Morgan fingerprint density at radius 1 is 1.03 bits per heavy atom. The van der Waals surface area contributed by atoms with Crippen LogP contribution in [-0.4, -0.2) is 57.3 Å². The van der Waals surface area contributed by atoms with Gasteiger partial charge in [0.15, 0.2) is 0 Å². The van der Waals surface area contributed by atoms with Crippen molar-refractivity contribution < 1.29 is 9.59 Å². The maximum absolute atomic E-state index is 13.4. The molecule has 0 aliphatic carbocycles. The summed E-state index contributed by atoms with van der Waals surface area (Å²) in [7, 11) is 0. The van der Waals surface area contributed by atoms with Gasteiger partial charge in [0, 0.05) is 32.7 Å². The molecule has 1 fully saturated rings. The van der Waals surface area contributed by atoms with Crippen LogP contribution in [0.4, 0.5) is 0 Å². The number of aryl methyl sites for hydroxylation is 1. The molecular formula is C27H32N4O2. The SMILES string of the molecule is CCCN1CCN(C(=O)c2cncn2CC)CC(Cc2cccc(-c3ccccc3)c2)C1=O. The molecule has 2 aromatic carbocycles. The van der Waals surface area contributed by atoms with Crippen molar-refractivity contribution >= 4 is 11.8 Å². The summed E-state index contributed by atoms with van der Waals surface area (Å²) < 4.78 is 1.86.